The Morgan fingerprint density at radius 1 is 1.11 bits per heavy atom. The van der Waals surface area contributed by atoms with Crippen molar-refractivity contribution >= 4 is 6.41 Å². The molecule has 0 spiro atoms. The fraction of sp³-hybridized carbons (Fsp3) is 0.312. The summed E-state index contributed by atoms with van der Waals surface area (Å²) in [5, 5.41) is 0. The molecular weight excluding hydrogens is 222 g/mol. The minimum atomic E-state index is 0.665. The van der Waals surface area contributed by atoms with Crippen LogP contribution in [0.15, 0.2) is 54.6 Å². The van der Waals surface area contributed by atoms with E-state index in [9.17, 15) is 4.79 Å². The van der Waals surface area contributed by atoms with E-state index < -0.39 is 0 Å². The van der Waals surface area contributed by atoms with Crippen LogP contribution >= 0.6 is 0 Å². The maximum absolute atomic E-state index is 10.3. The molecule has 2 heteroatoms. The fourth-order valence-corrected chi connectivity index (χ4v) is 1.59. The lowest BCUT2D eigenvalue weighted by Crippen LogP contribution is -2.14. The third-order valence-corrected chi connectivity index (χ3v) is 2.64. The highest BCUT2D eigenvalue weighted by molar-refractivity contribution is 5.46. The Balaban J connectivity index is 2.09. The van der Waals surface area contributed by atoms with E-state index in [0.29, 0.717) is 6.54 Å². The largest absolute Gasteiger partial charge is 0.345 e. The van der Waals surface area contributed by atoms with Crippen molar-refractivity contribution in [2.24, 2.45) is 0 Å². The summed E-state index contributed by atoms with van der Waals surface area (Å²) >= 11 is 0. The Hall–Kier alpha value is -1.83. The van der Waals surface area contributed by atoms with Crippen LogP contribution in [0.25, 0.3) is 0 Å². The van der Waals surface area contributed by atoms with Gasteiger partial charge in [0.1, 0.15) is 0 Å². The number of rotatable bonds is 8. The zero-order valence-corrected chi connectivity index (χ0v) is 11.0. The van der Waals surface area contributed by atoms with E-state index in [1.165, 1.54) is 12.0 Å². The fourth-order valence-electron chi connectivity index (χ4n) is 1.59. The molecule has 0 aliphatic rings. The van der Waals surface area contributed by atoms with E-state index in [1.807, 2.05) is 24.3 Å². The van der Waals surface area contributed by atoms with Crippen molar-refractivity contribution in [1.82, 2.24) is 4.90 Å². The first-order valence-electron chi connectivity index (χ1n) is 6.34. The first-order chi connectivity index (χ1) is 8.83. The van der Waals surface area contributed by atoms with Crippen molar-refractivity contribution in [1.29, 1.82) is 0 Å². The molecule has 0 N–H and O–H groups in total. The highest BCUT2D eigenvalue weighted by Gasteiger charge is 1.89. The number of hydrogen-bond acceptors (Lipinski definition) is 1. The summed E-state index contributed by atoms with van der Waals surface area (Å²) in [6.45, 7) is 0.665. The van der Waals surface area contributed by atoms with E-state index in [0.717, 1.165) is 19.3 Å². The minimum absolute atomic E-state index is 0.665. The van der Waals surface area contributed by atoms with Crippen LogP contribution in [0, 0.1) is 0 Å². The first kappa shape index (κ1) is 14.2. The average molecular weight is 243 g/mol. The number of carbonyl (C=O) groups is 1. The van der Waals surface area contributed by atoms with Gasteiger partial charge in [-0.3, -0.25) is 4.79 Å². The lowest BCUT2D eigenvalue weighted by molar-refractivity contribution is -0.116. The smallest absolute Gasteiger partial charge is 0.209 e. The predicted molar refractivity (Wildman–Crippen MR) is 76.4 cm³/mol. The van der Waals surface area contributed by atoms with Crippen molar-refractivity contribution in [3.63, 3.8) is 0 Å². The number of unbranched alkanes of at least 4 members (excludes halogenated alkanes) is 1. The van der Waals surface area contributed by atoms with Crippen LogP contribution < -0.4 is 0 Å². The lowest BCUT2D eigenvalue weighted by Gasteiger charge is -2.04. The summed E-state index contributed by atoms with van der Waals surface area (Å²) in [5.41, 5.74) is 1.40. The van der Waals surface area contributed by atoms with Gasteiger partial charge < -0.3 is 4.90 Å². The summed E-state index contributed by atoms with van der Waals surface area (Å²) in [5.74, 6) is 0. The molecular formula is C16H21NO. The molecule has 1 aromatic rings. The molecule has 0 atom stereocenters. The van der Waals surface area contributed by atoms with Gasteiger partial charge in [-0.2, -0.15) is 0 Å². The summed E-state index contributed by atoms with van der Waals surface area (Å²) in [4.78, 5) is 11.9. The number of likely N-dealkylation sites (N-methyl/N-ethyl adjacent to an activating group) is 1. The molecule has 0 aromatic heterocycles. The van der Waals surface area contributed by atoms with Crippen molar-refractivity contribution in [3.8, 4) is 0 Å². The molecule has 0 aliphatic heterocycles. The summed E-state index contributed by atoms with van der Waals surface area (Å²) in [6.07, 6.45) is 12.4. The van der Waals surface area contributed by atoms with Gasteiger partial charge in [0, 0.05) is 13.6 Å². The van der Waals surface area contributed by atoms with E-state index in [4.69, 9.17) is 0 Å². The van der Waals surface area contributed by atoms with Gasteiger partial charge in [-0.1, -0.05) is 54.6 Å². The quantitative estimate of drug-likeness (QED) is 0.390. The van der Waals surface area contributed by atoms with Crippen molar-refractivity contribution in [3.05, 3.63) is 60.2 Å². The van der Waals surface area contributed by atoms with Crippen LogP contribution in [-0.4, -0.2) is 24.9 Å². The molecule has 0 bridgehead atoms. The second-order valence-electron chi connectivity index (χ2n) is 4.28. The van der Waals surface area contributed by atoms with Crippen molar-refractivity contribution in [2.45, 2.75) is 19.3 Å². The van der Waals surface area contributed by atoms with Crippen molar-refractivity contribution in [2.75, 3.05) is 13.6 Å². The molecule has 96 valence electrons. The molecule has 0 radical (unpaired) electrons. The molecule has 1 amide bonds. The Morgan fingerprint density at radius 2 is 1.83 bits per heavy atom. The third-order valence-electron chi connectivity index (χ3n) is 2.64. The van der Waals surface area contributed by atoms with Gasteiger partial charge in [-0.05, 0) is 24.8 Å². The molecule has 18 heavy (non-hydrogen) atoms. The molecule has 2 nitrogen and oxygen atoms in total. The van der Waals surface area contributed by atoms with E-state index in [2.05, 4.69) is 30.3 Å². The van der Waals surface area contributed by atoms with E-state index in [-0.39, 0.29) is 0 Å². The molecule has 0 heterocycles. The highest BCUT2D eigenvalue weighted by atomic mass is 16.1. The zero-order valence-electron chi connectivity index (χ0n) is 11.0. The Bertz CT molecular complexity index is 381. The van der Waals surface area contributed by atoms with E-state index >= 15 is 0 Å². The van der Waals surface area contributed by atoms with Gasteiger partial charge in [0.2, 0.25) is 6.41 Å². The Kier molecular flexibility index (Phi) is 7.29. The van der Waals surface area contributed by atoms with Gasteiger partial charge in [0.05, 0.1) is 0 Å². The molecule has 1 rings (SSSR count). The summed E-state index contributed by atoms with van der Waals surface area (Å²) < 4.78 is 0. The third kappa shape index (κ3) is 6.69. The predicted octanol–water partition coefficient (Wildman–Crippen LogP) is 3.21. The summed E-state index contributed by atoms with van der Waals surface area (Å²) in [6, 6.07) is 10.5. The van der Waals surface area contributed by atoms with Crippen LogP contribution in [-0.2, 0) is 11.2 Å². The molecule has 0 saturated heterocycles. The minimum Gasteiger partial charge on any atom is -0.345 e. The number of aryl methyl sites for hydroxylation is 1. The van der Waals surface area contributed by atoms with Crippen LogP contribution in [0.4, 0.5) is 0 Å². The molecule has 0 aliphatic carbocycles. The molecule has 1 aromatic carbocycles. The molecule has 0 saturated carbocycles. The second kappa shape index (κ2) is 9.23. The van der Waals surface area contributed by atoms with Gasteiger partial charge in [0.25, 0.3) is 0 Å². The number of amides is 1. The van der Waals surface area contributed by atoms with Gasteiger partial charge in [-0.15, -0.1) is 0 Å². The van der Waals surface area contributed by atoms with Gasteiger partial charge >= 0.3 is 0 Å². The Morgan fingerprint density at radius 3 is 2.56 bits per heavy atom. The number of hydrogen-bond donors (Lipinski definition) is 0. The number of allylic oxidation sites excluding steroid dienone is 3. The maximum atomic E-state index is 10.3. The SMILES string of the molecule is CN(C=O)C/C=C/C=C/CCCc1ccccc1. The number of carbonyl (C=O) groups excluding carboxylic acids is 1. The zero-order chi connectivity index (χ0) is 13.1. The van der Waals surface area contributed by atoms with Crippen LogP contribution in [0.3, 0.4) is 0 Å². The topological polar surface area (TPSA) is 20.3 Å². The number of nitrogens with zero attached hydrogens (tertiary/aromatic N) is 1. The van der Waals surface area contributed by atoms with Crippen molar-refractivity contribution < 1.29 is 4.79 Å². The second-order valence-corrected chi connectivity index (χ2v) is 4.28. The monoisotopic (exact) mass is 243 g/mol. The van der Waals surface area contributed by atoms with Gasteiger partial charge in [0.15, 0.2) is 0 Å². The molecule has 0 unspecified atom stereocenters. The van der Waals surface area contributed by atoms with Crippen LogP contribution in [0.1, 0.15) is 18.4 Å². The first-order valence-corrected chi connectivity index (χ1v) is 6.34. The lowest BCUT2D eigenvalue weighted by atomic mass is 10.1. The van der Waals surface area contributed by atoms with Crippen LogP contribution in [0.2, 0.25) is 0 Å². The Labute approximate surface area is 110 Å². The number of benzene rings is 1. The standard InChI is InChI=1S/C16H21NO/c1-17(15-18)14-10-5-3-2-4-7-11-16-12-8-6-9-13-16/h2-3,5-6,8-10,12-13,15H,4,7,11,14H2,1H3/b3-2+,10-5+. The van der Waals surface area contributed by atoms with Crippen LogP contribution in [0.5, 0.6) is 0 Å². The summed E-state index contributed by atoms with van der Waals surface area (Å²) in [7, 11) is 1.76. The maximum Gasteiger partial charge on any atom is 0.209 e. The van der Waals surface area contributed by atoms with E-state index in [1.54, 1.807) is 11.9 Å². The van der Waals surface area contributed by atoms with Gasteiger partial charge in [-0.25, -0.2) is 0 Å². The highest BCUT2D eigenvalue weighted by Crippen LogP contribution is 2.04. The normalized spacial score (nSPS) is 11.2. The average Bonchev–Trinajstić information content (AvgIpc) is 2.42. The molecule has 0 fully saturated rings.